The molecule has 1 N–H and O–H groups in total. The molecule has 1 aromatic heterocycles. The van der Waals surface area contributed by atoms with Gasteiger partial charge in [-0.15, -0.1) is 0 Å². The molecule has 2 amide bonds. The van der Waals surface area contributed by atoms with E-state index >= 15 is 0 Å². The normalized spacial score (nSPS) is 18.3. The Morgan fingerprint density at radius 1 is 1.42 bits per heavy atom. The number of hydrogen-bond donors (Lipinski definition) is 1. The van der Waals surface area contributed by atoms with E-state index in [0.717, 1.165) is 6.07 Å². The van der Waals surface area contributed by atoms with Gasteiger partial charge >= 0.3 is 6.18 Å². The van der Waals surface area contributed by atoms with Crippen LogP contribution in [0.4, 0.5) is 13.2 Å². The number of aromatic nitrogens is 1. The van der Waals surface area contributed by atoms with Crippen molar-refractivity contribution in [2.75, 3.05) is 26.2 Å². The van der Waals surface area contributed by atoms with Crippen molar-refractivity contribution in [3.63, 3.8) is 0 Å². The number of ether oxygens (including phenoxy) is 1. The fraction of sp³-hybridized carbons (Fsp3) is 0.533. The molecule has 0 bridgehead atoms. The lowest BCUT2D eigenvalue weighted by Crippen LogP contribution is -2.49. The molecule has 2 heterocycles. The summed E-state index contributed by atoms with van der Waals surface area (Å²) in [6, 6.07) is 3.49. The summed E-state index contributed by atoms with van der Waals surface area (Å²) in [5.74, 6) is -0.520. The summed E-state index contributed by atoms with van der Waals surface area (Å²) < 4.78 is 43.4. The molecule has 0 radical (unpaired) electrons. The summed E-state index contributed by atoms with van der Waals surface area (Å²) in [4.78, 5) is 28.2. The van der Waals surface area contributed by atoms with E-state index in [-0.39, 0.29) is 43.1 Å². The standard InChI is InChI=1S/C15H18F3N3O3/c1-10(22)19-8-12-9-21(5-6-24-12)14(23)7-11-3-2-4-13(20-11)15(16,17)18/h2-4,12H,5-9H2,1H3,(H,19,22). The zero-order chi connectivity index (χ0) is 17.7. The maximum absolute atomic E-state index is 12.7. The number of amides is 2. The summed E-state index contributed by atoms with van der Waals surface area (Å²) in [5, 5.41) is 2.61. The van der Waals surface area contributed by atoms with E-state index in [9.17, 15) is 22.8 Å². The average molecular weight is 345 g/mol. The number of morpholine rings is 1. The van der Waals surface area contributed by atoms with Gasteiger partial charge in [0, 0.05) is 26.6 Å². The summed E-state index contributed by atoms with van der Waals surface area (Å²) in [6.07, 6.45) is -5.08. The molecule has 1 atom stereocenters. The third-order valence-corrected chi connectivity index (χ3v) is 3.50. The Kier molecular flexibility index (Phi) is 5.76. The first kappa shape index (κ1) is 18.2. The van der Waals surface area contributed by atoms with Crippen LogP contribution >= 0.6 is 0 Å². The molecule has 6 nitrogen and oxygen atoms in total. The largest absolute Gasteiger partial charge is 0.433 e. The molecule has 0 saturated carbocycles. The number of halogens is 3. The van der Waals surface area contributed by atoms with Crippen molar-refractivity contribution in [3.05, 3.63) is 29.6 Å². The second-order valence-corrected chi connectivity index (χ2v) is 5.46. The Labute approximate surface area is 137 Å². The van der Waals surface area contributed by atoms with E-state index < -0.39 is 11.9 Å². The van der Waals surface area contributed by atoms with Gasteiger partial charge in [-0.1, -0.05) is 6.07 Å². The number of nitrogens with one attached hydrogen (secondary N) is 1. The highest BCUT2D eigenvalue weighted by molar-refractivity contribution is 5.78. The molecule has 0 spiro atoms. The number of carbonyl (C=O) groups is 2. The fourth-order valence-electron chi connectivity index (χ4n) is 2.33. The Balaban J connectivity index is 1.95. The lowest BCUT2D eigenvalue weighted by Gasteiger charge is -2.33. The molecule has 1 aliphatic heterocycles. The van der Waals surface area contributed by atoms with Crippen molar-refractivity contribution in [3.8, 4) is 0 Å². The molecular weight excluding hydrogens is 327 g/mol. The zero-order valence-electron chi connectivity index (χ0n) is 13.1. The minimum absolute atomic E-state index is 0.0692. The van der Waals surface area contributed by atoms with Crippen LogP contribution in [0.5, 0.6) is 0 Å². The van der Waals surface area contributed by atoms with E-state index in [4.69, 9.17) is 4.74 Å². The van der Waals surface area contributed by atoms with Crippen LogP contribution in [0.15, 0.2) is 18.2 Å². The van der Waals surface area contributed by atoms with Crippen LogP contribution < -0.4 is 5.32 Å². The van der Waals surface area contributed by atoms with Crippen molar-refractivity contribution < 1.29 is 27.5 Å². The van der Waals surface area contributed by atoms with Crippen molar-refractivity contribution in [2.24, 2.45) is 0 Å². The van der Waals surface area contributed by atoms with E-state index in [2.05, 4.69) is 10.3 Å². The number of hydrogen-bond acceptors (Lipinski definition) is 4. The van der Waals surface area contributed by atoms with Gasteiger partial charge < -0.3 is 15.0 Å². The van der Waals surface area contributed by atoms with Crippen LogP contribution in [0.3, 0.4) is 0 Å². The maximum Gasteiger partial charge on any atom is 0.433 e. The van der Waals surface area contributed by atoms with Gasteiger partial charge in [-0.05, 0) is 12.1 Å². The molecule has 0 aromatic carbocycles. The Morgan fingerprint density at radius 2 is 2.17 bits per heavy atom. The van der Waals surface area contributed by atoms with Gasteiger partial charge in [0.05, 0.1) is 24.8 Å². The molecule has 0 aliphatic carbocycles. The number of rotatable bonds is 4. The summed E-state index contributed by atoms with van der Waals surface area (Å²) in [7, 11) is 0. The molecule has 1 saturated heterocycles. The minimum Gasteiger partial charge on any atom is -0.373 e. The number of nitrogens with zero attached hydrogens (tertiary/aromatic N) is 2. The van der Waals surface area contributed by atoms with Gasteiger partial charge in [-0.3, -0.25) is 9.59 Å². The summed E-state index contributed by atoms with van der Waals surface area (Å²) >= 11 is 0. The third kappa shape index (κ3) is 5.19. The first-order chi connectivity index (χ1) is 11.3. The van der Waals surface area contributed by atoms with E-state index in [1.807, 2.05) is 0 Å². The SMILES string of the molecule is CC(=O)NCC1CN(C(=O)Cc2cccc(C(F)(F)F)n2)CCO1. The van der Waals surface area contributed by atoms with Gasteiger partial charge in [0.25, 0.3) is 0 Å². The second kappa shape index (κ2) is 7.61. The van der Waals surface area contributed by atoms with E-state index in [1.54, 1.807) is 0 Å². The van der Waals surface area contributed by atoms with Crippen LogP contribution in [0.1, 0.15) is 18.3 Å². The molecule has 9 heteroatoms. The fourth-order valence-corrected chi connectivity index (χ4v) is 2.33. The maximum atomic E-state index is 12.7. The highest BCUT2D eigenvalue weighted by atomic mass is 19.4. The van der Waals surface area contributed by atoms with Crippen LogP contribution in [-0.4, -0.2) is 54.0 Å². The number of alkyl halides is 3. The van der Waals surface area contributed by atoms with Gasteiger partial charge in [0.15, 0.2) is 0 Å². The van der Waals surface area contributed by atoms with Crippen LogP contribution in [0.25, 0.3) is 0 Å². The van der Waals surface area contributed by atoms with Crippen LogP contribution in [0.2, 0.25) is 0 Å². The molecule has 132 valence electrons. The number of pyridine rings is 1. The van der Waals surface area contributed by atoms with Crippen molar-refractivity contribution in [2.45, 2.75) is 25.6 Å². The van der Waals surface area contributed by atoms with Crippen molar-refractivity contribution in [1.82, 2.24) is 15.2 Å². The van der Waals surface area contributed by atoms with Gasteiger partial charge in [0.2, 0.25) is 11.8 Å². The number of carbonyl (C=O) groups excluding carboxylic acids is 2. The highest BCUT2D eigenvalue weighted by Crippen LogP contribution is 2.27. The van der Waals surface area contributed by atoms with Crippen LogP contribution in [0, 0.1) is 0 Å². The first-order valence-corrected chi connectivity index (χ1v) is 7.42. The monoisotopic (exact) mass is 345 g/mol. The molecule has 24 heavy (non-hydrogen) atoms. The van der Waals surface area contributed by atoms with Crippen molar-refractivity contribution in [1.29, 1.82) is 0 Å². The lowest BCUT2D eigenvalue weighted by atomic mass is 10.2. The Hall–Kier alpha value is -2.16. The molecular formula is C15H18F3N3O3. The molecule has 1 unspecified atom stereocenters. The smallest absolute Gasteiger partial charge is 0.373 e. The van der Waals surface area contributed by atoms with Crippen molar-refractivity contribution >= 4 is 11.8 Å². The molecule has 1 aliphatic rings. The van der Waals surface area contributed by atoms with E-state index in [1.165, 1.54) is 24.0 Å². The zero-order valence-corrected chi connectivity index (χ0v) is 13.1. The topological polar surface area (TPSA) is 71.5 Å². The van der Waals surface area contributed by atoms with Gasteiger partial charge in [0.1, 0.15) is 5.69 Å². The van der Waals surface area contributed by atoms with Crippen LogP contribution in [-0.2, 0) is 26.9 Å². The lowest BCUT2D eigenvalue weighted by molar-refractivity contribution is -0.142. The average Bonchev–Trinajstić information content (AvgIpc) is 2.52. The summed E-state index contributed by atoms with van der Waals surface area (Å²) in [5.41, 5.74) is -0.946. The second-order valence-electron chi connectivity index (χ2n) is 5.46. The molecule has 2 rings (SSSR count). The predicted molar refractivity (Wildman–Crippen MR) is 77.9 cm³/mol. The van der Waals surface area contributed by atoms with Gasteiger partial charge in [-0.2, -0.15) is 13.2 Å². The predicted octanol–water partition coefficient (Wildman–Crippen LogP) is 1.01. The molecule has 1 fully saturated rings. The Morgan fingerprint density at radius 3 is 2.83 bits per heavy atom. The first-order valence-electron chi connectivity index (χ1n) is 7.42. The molecule has 1 aromatic rings. The third-order valence-electron chi connectivity index (χ3n) is 3.50. The highest BCUT2D eigenvalue weighted by Gasteiger charge is 2.32. The van der Waals surface area contributed by atoms with Gasteiger partial charge in [-0.25, -0.2) is 4.98 Å². The summed E-state index contributed by atoms with van der Waals surface area (Å²) in [6.45, 7) is 2.60. The quantitative estimate of drug-likeness (QED) is 0.884. The van der Waals surface area contributed by atoms with E-state index in [0.29, 0.717) is 13.2 Å². The minimum atomic E-state index is -4.54. The Bertz CT molecular complexity index is 607.